The maximum Gasteiger partial charge on any atom is 0.255 e. The van der Waals surface area contributed by atoms with Crippen LogP contribution in [0.5, 0.6) is 0 Å². The topological polar surface area (TPSA) is 57.7 Å². The molecule has 1 heterocycles. The molecule has 1 aliphatic heterocycles. The molecule has 1 amide bonds. The number of benzene rings is 2. The second-order valence-electron chi connectivity index (χ2n) is 7.51. The first-order valence-corrected chi connectivity index (χ1v) is 11.0. The SMILES string of the molecule is Cc1cc(C)cc(C2CCCN2C(=O)c2cc(S(=O)(=O)N(C)C)ccc2Cl)c1. The van der Waals surface area contributed by atoms with Crippen LogP contribution in [0.15, 0.2) is 41.3 Å². The van der Waals surface area contributed by atoms with Crippen molar-refractivity contribution in [3.63, 3.8) is 0 Å². The average molecular weight is 421 g/mol. The molecule has 0 aliphatic carbocycles. The Morgan fingerprint density at radius 1 is 1.11 bits per heavy atom. The van der Waals surface area contributed by atoms with Gasteiger partial charge in [0.25, 0.3) is 5.91 Å². The summed E-state index contributed by atoms with van der Waals surface area (Å²) in [5.41, 5.74) is 3.65. The molecule has 1 fully saturated rings. The number of nitrogens with zero attached hydrogens (tertiary/aromatic N) is 2. The number of rotatable bonds is 4. The molecule has 1 saturated heterocycles. The molecule has 0 radical (unpaired) electrons. The minimum absolute atomic E-state index is 0.0312. The van der Waals surface area contributed by atoms with E-state index in [1.165, 1.54) is 32.3 Å². The lowest BCUT2D eigenvalue weighted by Gasteiger charge is -2.26. The first-order chi connectivity index (χ1) is 13.1. The predicted octanol–water partition coefficient (Wildman–Crippen LogP) is 4.18. The summed E-state index contributed by atoms with van der Waals surface area (Å²) in [7, 11) is -0.726. The third-order valence-electron chi connectivity index (χ3n) is 5.09. The summed E-state index contributed by atoms with van der Waals surface area (Å²) in [6, 6.07) is 10.6. The molecular weight excluding hydrogens is 396 g/mol. The third kappa shape index (κ3) is 3.95. The molecule has 0 spiro atoms. The van der Waals surface area contributed by atoms with Crippen LogP contribution < -0.4 is 0 Å². The number of hydrogen-bond acceptors (Lipinski definition) is 3. The number of sulfonamides is 1. The zero-order valence-electron chi connectivity index (χ0n) is 16.6. The molecular formula is C21H25ClN2O3S. The maximum atomic E-state index is 13.3. The van der Waals surface area contributed by atoms with Gasteiger partial charge >= 0.3 is 0 Å². The van der Waals surface area contributed by atoms with E-state index < -0.39 is 10.0 Å². The number of carbonyl (C=O) groups is 1. The summed E-state index contributed by atoms with van der Waals surface area (Å²) in [6.07, 6.45) is 1.78. The fourth-order valence-corrected chi connectivity index (χ4v) is 4.88. The monoisotopic (exact) mass is 420 g/mol. The number of amides is 1. The maximum absolute atomic E-state index is 13.3. The minimum Gasteiger partial charge on any atom is -0.332 e. The lowest BCUT2D eigenvalue weighted by atomic mass is 9.99. The molecule has 150 valence electrons. The molecule has 3 rings (SSSR count). The van der Waals surface area contributed by atoms with Crippen molar-refractivity contribution in [2.45, 2.75) is 37.6 Å². The molecule has 7 heteroatoms. The van der Waals surface area contributed by atoms with Crippen LogP contribution in [0.25, 0.3) is 0 Å². The highest BCUT2D eigenvalue weighted by Gasteiger charge is 2.32. The number of aryl methyl sites for hydroxylation is 2. The molecule has 0 bridgehead atoms. The highest BCUT2D eigenvalue weighted by molar-refractivity contribution is 7.89. The smallest absolute Gasteiger partial charge is 0.255 e. The minimum atomic E-state index is -3.65. The van der Waals surface area contributed by atoms with Crippen molar-refractivity contribution in [3.05, 3.63) is 63.7 Å². The molecule has 28 heavy (non-hydrogen) atoms. The van der Waals surface area contributed by atoms with E-state index in [9.17, 15) is 13.2 Å². The Labute approximate surface area is 172 Å². The molecule has 1 aliphatic rings. The van der Waals surface area contributed by atoms with E-state index in [4.69, 9.17) is 11.6 Å². The van der Waals surface area contributed by atoms with Gasteiger partial charge in [-0.25, -0.2) is 12.7 Å². The van der Waals surface area contributed by atoms with E-state index in [1.54, 1.807) is 0 Å². The van der Waals surface area contributed by atoms with Gasteiger partial charge in [-0.05, 0) is 50.5 Å². The van der Waals surface area contributed by atoms with Gasteiger partial charge in [0.05, 0.1) is 21.5 Å². The molecule has 5 nitrogen and oxygen atoms in total. The van der Waals surface area contributed by atoms with Gasteiger partial charge in [0, 0.05) is 20.6 Å². The van der Waals surface area contributed by atoms with Crippen LogP contribution >= 0.6 is 11.6 Å². The Hall–Kier alpha value is -1.89. The fourth-order valence-electron chi connectivity index (χ4n) is 3.75. The van der Waals surface area contributed by atoms with Gasteiger partial charge in [-0.15, -0.1) is 0 Å². The van der Waals surface area contributed by atoms with Gasteiger partial charge in [-0.1, -0.05) is 40.9 Å². The summed E-state index contributed by atoms with van der Waals surface area (Å²) in [4.78, 5) is 15.2. The van der Waals surface area contributed by atoms with Gasteiger partial charge in [0.2, 0.25) is 10.0 Å². The number of likely N-dealkylation sites (tertiary alicyclic amines) is 1. The van der Waals surface area contributed by atoms with Crippen molar-refractivity contribution in [1.29, 1.82) is 0 Å². The molecule has 1 atom stereocenters. The molecule has 0 saturated carbocycles. The Balaban J connectivity index is 1.99. The van der Waals surface area contributed by atoms with Gasteiger partial charge in [-0.2, -0.15) is 0 Å². The van der Waals surface area contributed by atoms with Crippen LogP contribution in [0.4, 0.5) is 0 Å². The van der Waals surface area contributed by atoms with E-state index in [-0.39, 0.29) is 27.4 Å². The molecule has 0 N–H and O–H groups in total. The van der Waals surface area contributed by atoms with E-state index in [2.05, 4.69) is 18.2 Å². The van der Waals surface area contributed by atoms with Gasteiger partial charge in [0.15, 0.2) is 0 Å². The van der Waals surface area contributed by atoms with Crippen LogP contribution in [-0.2, 0) is 10.0 Å². The van der Waals surface area contributed by atoms with E-state index in [0.29, 0.717) is 6.54 Å². The van der Waals surface area contributed by atoms with E-state index >= 15 is 0 Å². The van der Waals surface area contributed by atoms with Gasteiger partial charge in [-0.3, -0.25) is 4.79 Å². The standard InChI is InChI=1S/C21H25ClN2O3S/c1-14-10-15(2)12-16(11-14)20-6-5-9-24(20)21(25)18-13-17(7-8-19(18)22)28(26,27)23(3)4/h7-8,10-13,20H,5-6,9H2,1-4H3. The zero-order valence-corrected chi connectivity index (χ0v) is 18.1. The predicted molar refractivity (Wildman–Crippen MR) is 111 cm³/mol. The van der Waals surface area contributed by atoms with Crippen molar-refractivity contribution in [2.24, 2.45) is 0 Å². The third-order valence-corrected chi connectivity index (χ3v) is 7.23. The van der Waals surface area contributed by atoms with Crippen molar-refractivity contribution in [3.8, 4) is 0 Å². The Morgan fingerprint density at radius 2 is 1.75 bits per heavy atom. The Morgan fingerprint density at radius 3 is 2.36 bits per heavy atom. The quantitative estimate of drug-likeness (QED) is 0.745. The van der Waals surface area contributed by atoms with E-state index in [1.807, 2.05) is 18.7 Å². The van der Waals surface area contributed by atoms with E-state index in [0.717, 1.165) is 33.8 Å². The highest BCUT2D eigenvalue weighted by Crippen LogP contribution is 2.35. The normalized spacial score (nSPS) is 17.4. The molecule has 0 aromatic heterocycles. The van der Waals surface area contributed by atoms with Gasteiger partial charge < -0.3 is 4.90 Å². The second-order valence-corrected chi connectivity index (χ2v) is 10.1. The van der Waals surface area contributed by atoms with Crippen LogP contribution in [0.3, 0.4) is 0 Å². The Kier molecular flexibility index (Phi) is 5.84. The van der Waals surface area contributed by atoms with Crippen LogP contribution in [-0.4, -0.2) is 44.2 Å². The van der Waals surface area contributed by atoms with Crippen LogP contribution in [0.1, 0.15) is 45.9 Å². The summed E-state index contributed by atoms with van der Waals surface area (Å²) in [5, 5.41) is 0.258. The molecule has 1 unspecified atom stereocenters. The fraction of sp³-hybridized carbons (Fsp3) is 0.381. The summed E-state index contributed by atoms with van der Waals surface area (Å²) in [5.74, 6) is -0.234. The second kappa shape index (κ2) is 7.85. The zero-order chi connectivity index (χ0) is 20.6. The summed E-state index contributed by atoms with van der Waals surface area (Å²) in [6.45, 7) is 4.71. The van der Waals surface area contributed by atoms with Crippen molar-refractivity contribution in [2.75, 3.05) is 20.6 Å². The lowest BCUT2D eigenvalue weighted by Crippen LogP contribution is -2.31. The van der Waals surface area contributed by atoms with Crippen molar-refractivity contribution >= 4 is 27.5 Å². The Bertz CT molecular complexity index is 998. The first kappa shape index (κ1) is 20.8. The number of halogens is 1. The summed E-state index contributed by atoms with van der Waals surface area (Å²) >= 11 is 6.29. The van der Waals surface area contributed by atoms with Crippen LogP contribution in [0, 0.1) is 13.8 Å². The van der Waals surface area contributed by atoms with Gasteiger partial charge in [0.1, 0.15) is 0 Å². The largest absolute Gasteiger partial charge is 0.332 e. The highest BCUT2D eigenvalue weighted by atomic mass is 35.5. The number of hydrogen-bond donors (Lipinski definition) is 0. The van der Waals surface area contributed by atoms with Crippen molar-refractivity contribution < 1.29 is 13.2 Å². The number of carbonyl (C=O) groups excluding carboxylic acids is 1. The first-order valence-electron chi connectivity index (χ1n) is 9.22. The molecule has 2 aromatic rings. The summed E-state index contributed by atoms with van der Waals surface area (Å²) < 4.78 is 26.0. The van der Waals surface area contributed by atoms with Crippen LogP contribution in [0.2, 0.25) is 5.02 Å². The molecule has 2 aromatic carbocycles. The lowest BCUT2D eigenvalue weighted by molar-refractivity contribution is 0.0735. The average Bonchev–Trinajstić information content (AvgIpc) is 3.10. The van der Waals surface area contributed by atoms with Crippen molar-refractivity contribution in [1.82, 2.24) is 9.21 Å².